The van der Waals surface area contributed by atoms with Crippen molar-refractivity contribution in [2.24, 2.45) is 11.3 Å². The fraction of sp³-hybridized carbons (Fsp3) is 1.00. The molecule has 1 unspecified atom stereocenters. The quantitative estimate of drug-likeness (QED) is 0.407. The van der Waals surface area contributed by atoms with E-state index in [0.717, 1.165) is 45.7 Å². The van der Waals surface area contributed by atoms with E-state index in [0.29, 0.717) is 19.1 Å². The van der Waals surface area contributed by atoms with E-state index < -0.39 is 5.79 Å². The molecule has 21 heavy (non-hydrogen) atoms. The molecule has 0 N–H and O–H groups in total. The molecule has 0 aromatic rings. The Hall–Kier alpha value is -0.160. The average Bonchev–Trinajstić information content (AvgIpc) is 2.41. The Kier molecular flexibility index (Phi) is 8.17. The maximum atomic E-state index is 5.85. The molecule has 4 nitrogen and oxygen atoms in total. The Balaban J connectivity index is 2.21. The Morgan fingerprint density at radius 1 is 1.14 bits per heavy atom. The zero-order chi connectivity index (χ0) is 15.8. The molecule has 1 saturated heterocycles. The molecule has 0 bridgehead atoms. The highest BCUT2D eigenvalue weighted by molar-refractivity contribution is 4.83. The molecule has 0 aliphatic carbocycles. The molecule has 1 fully saturated rings. The lowest BCUT2D eigenvalue weighted by Crippen LogP contribution is -2.45. The van der Waals surface area contributed by atoms with E-state index in [1.165, 1.54) is 0 Å². The molecule has 0 amide bonds. The summed E-state index contributed by atoms with van der Waals surface area (Å²) >= 11 is 0. The average molecular weight is 302 g/mol. The van der Waals surface area contributed by atoms with Gasteiger partial charge in [-0.1, -0.05) is 13.8 Å². The van der Waals surface area contributed by atoms with Gasteiger partial charge in [-0.3, -0.25) is 0 Å². The number of ether oxygens (including phenoxy) is 4. The summed E-state index contributed by atoms with van der Waals surface area (Å²) < 4.78 is 22.8. The second kappa shape index (κ2) is 9.09. The van der Waals surface area contributed by atoms with Gasteiger partial charge in [0.25, 0.3) is 0 Å². The van der Waals surface area contributed by atoms with Crippen LogP contribution in [0.15, 0.2) is 0 Å². The minimum absolute atomic E-state index is 0.288. The van der Waals surface area contributed by atoms with Crippen LogP contribution in [0.5, 0.6) is 0 Å². The van der Waals surface area contributed by atoms with Gasteiger partial charge in [0, 0.05) is 31.2 Å². The largest absolute Gasteiger partial charge is 0.381 e. The first-order valence-electron chi connectivity index (χ1n) is 8.45. The van der Waals surface area contributed by atoms with Gasteiger partial charge in [0.1, 0.15) is 0 Å². The smallest absolute Gasteiger partial charge is 0.167 e. The van der Waals surface area contributed by atoms with Gasteiger partial charge in [-0.15, -0.1) is 0 Å². The van der Waals surface area contributed by atoms with Crippen LogP contribution in [-0.2, 0) is 18.9 Å². The second-order valence-electron chi connectivity index (χ2n) is 6.32. The lowest BCUT2D eigenvalue weighted by molar-refractivity contribution is -0.250. The van der Waals surface area contributed by atoms with E-state index in [4.69, 9.17) is 18.9 Å². The molecule has 1 rings (SSSR count). The minimum Gasteiger partial charge on any atom is -0.381 e. The highest BCUT2D eigenvalue weighted by Crippen LogP contribution is 2.31. The van der Waals surface area contributed by atoms with Crippen LogP contribution >= 0.6 is 0 Å². The standard InChI is InChI=1S/C17H34O4/c1-6-17(13-19-14-17)12-18-11-9-10-15(4)16(5,20-7-2)21-8-3/h15H,6-14H2,1-5H3. The fourth-order valence-corrected chi connectivity index (χ4v) is 2.72. The van der Waals surface area contributed by atoms with Crippen LogP contribution < -0.4 is 0 Å². The van der Waals surface area contributed by atoms with Crippen LogP contribution in [0, 0.1) is 11.3 Å². The molecule has 0 aromatic heterocycles. The van der Waals surface area contributed by atoms with Gasteiger partial charge in [-0.05, 0) is 40.0 Å². The van der Waals surface area contributed by atoms with Gasteiger partial charge in [0.15, 0.2) is 5.79 Å². The summed E-state index contributed by atoms with van der Waals surface area (Å²) in [6.45, 7) is 15.2. The maximum absolute atomic E-state index is 5.85. The van der Waals surface area contributed by atoms with Crippen LogP contribution in [0.4, 0.5) is 0 Å². The van der Waals surface area contributed by atoms with E-state index in [1.807, 2.05) is 20.8 Å². The van der Waals surface area contributed by atoms with Crippen molar-refractivity contribution in [2.75, 3.05) is 39.6 Å². The van der Waals surface area contributed by atoms with Crippen LogP contribution in [0.3, 0.4) is 0 Å². The van der Waals surface area contributed by atoms with E-state index in [2.05, 4.69) is 13.8 Å². The fourth-order valence-electron chi connectivity index (χ4n) is 2.72. The zero-order valence-electron chi connectivity index (χ0n) is 14.6. The van der Waals surface area contributed by atoms with Crippen molar-refractivity contribution in [3.05, 3.63) is 0 Å². The highest BCUT2D eigenvalue weighted by atomic mass is 16.7. The summed E-state index contributed by atoms with van der Waals surface area (Å²) in [6.07, 6.45) is 3.22. The number of hydrogen-bond donors (Lipinski definition) is 0. The van der Waals surface area contributed by atoms with Gasteiger partial charge < -0.3 is 18.9 Å². The summed E-state index contributed by atoms with van der Waals surface area (Å²) in [5.41, 5.74) is 0.288. The van der Waals surface area contributed by atoms with E-state index in [-0.39, 0.29) is 5.41 Å². The molecular formula is C17H34O4. The summed E-state index contributed by atoms with van der Waals surface area (Å²) in [4.78, 5) is 0. The Morgan fingerprint density at radius 2 is 1.76 bits per heavy atom. The van der Waals surface area contributed by atoms with Gasteiger partial charge in [-0.2, -0.15) is 0 Å². The third-order valence-electron chi connectivity index (χ3n) is 4.66. The lowest BCUT2D eigenvalue weighted by atomic mass is 9.84. The maximum Gasteiger partial charge on any atom is 0.167 e. The van der Waals surface area contributed by atoms with Gasteiger partial charge in [-0.25, -0.2) is 0 Å². The van der Waals surface area contributed by atoms with Crippen molar-refractivity contribution in [1.82, 2.24) is 0 Å². The monoisotopic (exact) mass is 302 g/mol. The van der Waals surface area contributed by atoms with Gasteiger partial charge >= 0.3 is 0 Å². The SMILES string of the molecule is CCOC(C)(OCC)C(C)CCCOCC1(CC)COC1. The first-order chi connectivity index (χ1) is 10.0. The summed E-state index contributed by atoms with van der Waals surface area (Å²) in [5.74, 6) is -0.121. The first kappa shape index (κ1) is 18.9. The van der Waals surface area contributed by atoms with Crippen molar-refractivity contribution in [3.63, 3.8) is 0 Å². The topological polar surface area (TPSA) is 36.9 Å². The Morgan fingerprint density at radius 3 is 2.19 bits per heavy atom. The normalized spacial score (nSPS) is 19.3. The van der Waals surface area contributed by atoms with Crippen LogP contribution in [-0.4, -0.2) is 45.4 Å². The molecule has 0 aromatic carbocycles. The van der Waals surface area contributed by atoms with Crippen molar-refractivity contribution >= 4 is 0 Å². The van der Waals surface area contributed by atoms with E-state index in [1.54, 1.807) is 0 Å². The van der Waals surface area contributed by atoms with Crippen molar-refractivity contribution in [3.8, 4) is 0 Å². The molecule has 126 valence electrons. The third-order valence-corrected chi connectivity index (χ3v) is 4.66. The molecule has 1 atom stereocenters. The molecule has 1 aliphatic heterocycles. The van der Waals surface area contributed by atoms with Gasteiger partial charge in [0.05, 0.1) is 19.8 Å². The summed E-state index contributed by atoms with van der Waals surface area (Å²) in [7, 11) is 0. The van der Waals surface area contributed by atoms with Crippen molar-refractivity contribution in [2.45, 2.75) is 59.7 Å². The van der Waals surface area contributed by atoms with E-state index in [9.17, 15) is 0 Å². The zero-order valence-corrected chi connectivity index (χ0v) is 14.6. The number of hydrogen-bond acceptors (Lipinski definition) is 4. The second-order valence-corrected chi connectivity index (χ2v) is 6.32. The summed E-state index contributed by atoms with van der Waals surface area (Å²) in [5, 5.41) is 0. The van der Waals surface area contributed by atoms with Crippen LogP contribution in [0.25, 0.3) is 0 Å². The molecule has 0 saturated carbocycles. The molecule has 1 heterocycles. The van der Waals surface area contributed by atoms with Crippen LogP contribution in [0.2, 0.25) is 0 Å². The molecule has 0 spiro atoms. The predicted octanol–water partition coefficient (Wildman–Crippen LogP) is 3.64. The molecular weight excluding hydrogens is 268 g/mol. The van der Waals surface area contributed by atoms with E-state index >= 15 is 0 Å². The first-order valence-corrected chi connectivity index (χ1v) is 8.45. The lowest BCUT2D eigenvalue weighted by Gasteiger charge is -2.40. The third kappa shape index (κ3) is 5.51. The predicted molar refractivity (Wildman–Crippen MR) is 84.4 cm³/mol. The Labute approximate surface area is 130 Å². The highest BCUT2D eigenvalue weighted by Gasteiger charge is 2.37. The Bertz CT molecular complexity index is 264. The molecule has 1 aliphatic rings. The molecule has 4 heteroatoms. The van der Waals surface area contributed by atoms with Crippen molar-refractivity contribution < 1.29 is 18.9 Å². The summed E-state index contributed by atoms with van der Waals surface area (Å²) in [6, 6.07) is 0. The van der Waals surface area contributed by atoms with Crippen LogP contribution in [0.1, 0.15) is 53.9 Å². The van der Waals surface area contributed by atoms with Crippen molar-refractivity contribution in [1.29, 1.82) is 0 Å². The minimum atomic E-state index is -0.476. The molecule has 0 radical (unpaired) electrons. The number of rotatable bonds is 12. The van der Waals surface area contributed by atoms with Gasteiger partial charge in [0.2, 0.25) is 0 Å².